The number of rotatable bonds is 1. The summed E-state index contributed by atoms with van der Waals surface area (Å²) in [6, 6.07) is -0.111. The van der Waals surface area contributed by atoms with Crippen LogP contribution in [0, 0.1) is 0 Å². The van der Waals surface area contributed by atoms with E-state index in [0.717, 1.165) is 13.0 Å². The Hall–Kier alpha value is -1.36. The molecule has 0 spiro atoms. The van der Waals surface area contributed by atoms with Gasteiger partial charge in [-0.2, -0.15) is 0 Å². The maximum absolute atomic E-state index is 11.4. The van der Waals surface area contributed by atoms with Crippen LogP contribution in [0.5, 0.6) is 0 Å². The van der Waals surface area contributed by atoms with Crippen LogP contribution in [0.3, 0.4) is 0 Å². The van der Waals surface area contributed by atoms with Crippen molar-refractivity contribution in [1.82, 2.24) is 14.9 Å². The number of H-pyrrole nitrogens is 1. The standard InChI is InChI=1S/C8H11N3O2/c12-7-2-4-11(8(13)10-7)6-1-3-9-5-6/h2,4,6,9H,1,3,5H2,(H,10,12,13)/i2D. The molecule has 0 amide bonds. The van der Waals surface area contributed by atoms with Crippen molar-refractivity contribution in [2.45, 2.75) is 12.5 Å². The minimum atomic E-state index is -0.628. The number of hydrogen-bond donors (Lipinski definition) is 2. The minimum absolute atomic E-state index is 0.0587. The van der Waals surface area contributed by atoms with Crippen molar-refractivity contribution >= 4 is 0 Å². The van der Waals surface area contributed by atoms with Crippen molar-refractivity contribution < 1.29 is 1.37 Å². The Labute approximate surface area is 75.8 Å². The molecule has 1 saturated heterocycles. The molecule has 0 radical (unpaired) electrons. The highest BCUT2D eigenvalue weighted by atomic mass is 16.2. The van der Waals surface area contributed by atoms with Gasteiger partial charge in [0.25, 0.3) is 5.56 Å². The smallest absolute Gasteiger partial charge is 0.315 e. The van der Waals surface area contributed by atoms with Crippen LogP contribution in [0.1, 0.15) is 13.8 Å². The third-order valence-corrected chi connectivity index (χ3v) is 2.22. The fourth-order valence-electron chi connectivity index (χ4n) is 1.53. The van der Waals surface area contributed by atoms with E-state index in [1.807, 2.05) is 0 Å². The molecule has 1 aliphatic rings. The quantitative estimate of drug-likeness (QED) is 0.589. The first-order valence-corrected chi connectivity index (χ1v) is 4.21. The lowest BCUT2D eigenvalue weighted by Gasteiger charge is -2.10. The van der Waals surface area contributed by atoms with E-state index in [1.54, 1.807) is 0 Å². The van der Waals surface area contributed by atoms with Crippen LogP contribution >= 0.6 is 0 Å². The zero-order chi connectivity index (χ0) is 10.1. The molecule has 13 heavy (non-hydrogen) atoms. The van der Waals surface area contributed by atoms with E-state index >= 15 is 0 Å². The Morgan fingerprint density at radius 3 is 3.15 bits per heavy atom. The number of hydrogen-bond acceptors (Lipinski definition) is 3. The highest BCUT2D eigenvalue weighted by Gasteiger charge is 2.16. The summed E-state index contributed by atoms with van der Waals surface area (Å²) in [5.41, 5.74) is -1.06. The summed E-state index contributed by atoms with van der Waals surface area (Å²) in [5, 5.41) is 3.12. The Morgan fingerprint density at radius 2 is 2.46 bits per heavy atom. The summed E-state index contributed by atoms with van der Waals surface area (Å²) < 4.78 is 8.72. The van der Waals surface area contributed by atoms with Gasteiger partial charge in [-0.05, 0) is 13.0 Å². The van der Waals surface area contributed by atoms with Crippen molar-refractivity contribution in [3.63, 3.8) is 0 Å². The molecular formula is C8H11N3O2. The summed E-state index contributed by atoms with van der Waals surface area (Å²) in [4.78, 5) is 24.4. The molecule has 1 atom stereocenters. The first kappa shape index (κ1) is 7.08. The van der Waals surface area contributed by atoms with Gasteiger partial charge < -0.3 is 5.32 Å². The van der Waals surface area contributed by atoms with Gasteiger partial charge in [0, 0.05) is 18.8 Å². The molecule has 2 N–H and O–H groups in total. The molecule has 0 bridgehead atoms. The molecule has 2 rings (SSSR count). The lowest BCUT2D eigenvalue weighted by Crippen LogP contribution is -2.32. The van der Waals surface area contributed by atoms with Crippen LogP contribution in [0.15, 0.2) is 21.8 Å². The van der Waals surface area contributed by atoms with Crippen molar-refractivity contribution in [3.05, 3.63) is 33.1 Å². The lowest BCUT2D eigenvalue weighted by molar-refractivity contribution is 0.516. The van der Waals surface area contributed by atoms with E-state index in [4.69, 9.17) is 1.37 Å². The molecule has 1 aromatic rings. The van der Waals surface area contributed by atoms with Gasteiger partial charge in [0.1, 0.15) is 0 Å². The van der Waals surface area contributed by atoms with E-state index in [1.165, 1.54) is 10.8 Å². The average Bonchev–Trinajstić information content (AvgIpc) is 2.64. The maximum atomic E-state index is 11.4. The molecule has 5 heteroatoms. The molecular weight excluding hydrogens is 170 g/mol. The lowest BCUT2D eigenvalue weighted by atomic mass is 10.2. The second-order valence-electron chi connectivity index (χ2n) is 3.09. The molecule has 0 aromatic carbocycles. The third-order valence-electron chi connectivity index (χ3n) is 2.22. The summed E-state index contributed by atoms with van der Waals surface area (Å²) in [5.74, 6) is 0. The predicted octanol–water partition coefficient (Wildman–Crippen LogP) is -0.929. The van der Waals surface area contributed by atoms with Crippen LogP contribution in [0.2, 0.25) is 0 Å². The summed E-state index contributed by atoms with van der Waals surface area (Å²) in [6.07, 6.45) is 2.16. The SMILES string of the molecule is [2H]c1cn(C2CCNC2)c(=O)[nH]c1=O. The van der Waals surface area contributed by atoms with Gasteiger partial charge in [-0.15, -0.1) is 0 Å². The van der Waals surface area contributed by atoms with Gasteiger partial charge in [-0.3, -0.25) is 14.3 Å². The number of aromatic amines is 1. The van der Waals surface area contributed by atoms with Crippen LogP contribution in [-0.4, -0.2) is 22.6 Å². The molecule has 1 aliphatic heterocycles. The second-order valence-corrected chi connectivity index (χ2v) is 3.09. The minimum Gasteiger partial charge on any atom is -0.315 e. The van der Waals surface area contributed by atoms with Crippen LogP contribution in [0.25, 0.3) is 0 Å². The fourth-order valence-corrected chi connectivity index (χ4v) is 1.53. The van der Waals surface area contributed by atoms with Crippen LogP contribution in [-0.2, 0) is 0 Å². The molecule has 70 valence electrons. The van der Waals surface area contributed by atoms with Crippen molar-refractivity contribution in [2.75, 3.05) is 13.1 Å². The van der Waals surface area contributed by atoms with Gasteiger partial charge in [0.15, 0.2) is 0 Å². The number of nitrogens with one attached hydrogen (secondary N) is 2. The first-order valence-electron chi connectivity index (χ1n) is 4.71. The largest absolute Gasteiger partial charge is 0.328 e. The molecule has 0 saturated carbocycles. The third kappa shape index (κ3) is 1.55. The van der Waals surface area contributed by atoms with E-state index in [-0.39, 0.29) is 12.1 Å². The monoisotopic (exact) mass is 182 g/mol. The highest BCUT2D eigenvalue weighted by Crippen LogP contribution is 2.10. The number of nitrogens with zero attached hydrogens (tertiary/aromatic N) is 1. The Morgan fingerprint density at radius 1 is 1.62 bits per heavy atom. The zero-order valence-electron chi connectivity index (χ0n) is 8.04. The van der Waals surface area contributed by atoms with Crippen molar-refractivity contribution in [1.29, 1.82) is 0 Å². The summed E-state index contributed by atoms with van der Waals surface area (Å²) >= 11 is 0. The van der Waals surface area contributed by atoms with Gasteiger partial charge in [0.05, 0.1) is 7.41 Å². The Kier molecular flexibility index (Phi) is 1.73. The van der Waals surface area contributed by atoms with Crippen LogP contribution in [0.4, 0.5) is 0 Å². The normalized spacial score (nSPS) is 23.1. The molecule has 0 aliphatic carbocycles. The predicted molar refractivity (Wildman–Crippen MR) is 47.8 cm³/mol. The van der Waals surface area contributed by atoms with Crippen LogP contribution < -0.4 is 16.6 Å². The summed E-state index contributed by atoms with van der Waals surface area (Å²) in [7, 11) is 0. The molecule has 1 fully saturated rings. The van der Waals surface area contributed by atoms with E-state index < -0.39 is 11.2 Å². The van der Waals surface area contributed by atoms with Gasteiger partial charge in [-0.1, -0.05) is 0 Å². The topological polar surface area (TPSA) is 66.9 Å². The first-order chi connectivity index (χ1) is 6.68. The number of aromatic nitrogens is 2. The molecule has 5 nitrogen and oxygen atoms in total. The van der Waals surface area contributed by atoms with E-state index in [9.17, 15) is 9.59 Å². The van der Waals surface area contributed by atoms with E-state index in [0.29, 0.717) is 6.54 Å². The van der Waals surface area contributed by atoms with Gasteiger partial charge in [-0.25, -0.2) is 4.79 Å². The second kappa shape index (κ2) is 3.18. The van der Waals surface area contributed by atoms with Crippen molar-refractivity contribution in [3.8, 4) is 0 Å². The molecule has 1 aromatic heterocycles. The highest BCUT2D eigenvalue weighted by molar-refractivity contribution is 4.88. The Bertz CT molecular complexity index is 445. The molecule has 1 unspecified atom stereocenters. The van der Waals surface area contributed by atoms with Gasteiger partial charge in [0.2, 0.25) is 0 Å². The average molecular weight is 182 g/mol. The fraction of sp³-hybridized carbons (Fsp3) is 0.500. The van der Waals surface area contributed by atoms with E-state index in [2.05, 4.69) is 10.3 Å². The Balaban J connectivity index is 2.47. The zero-order valence-corrected chi connectivity index (χ0v) is 7.04. The maximum Gasteiger partial charge on any atom is 0.328 e. The summed E-state index contributed by atoms with van der Waals surface area (Å²) in [6.45, 7) is 1.58. The molecule has 2 heterocycles. The van der Waals surface area contributed by atoms with Crippen molar-refractivity contribution in [2.24, 2.45) is 0 Å². The van der Waals surface area contributed by atoms with Gasteiger partial charge >= 0.3 is 5.69 Å².